The minimum absolute atomic E-state index is 0. The summed E-state index contributed by atoms with van der Waals surface area (Å²) in [7, 11) is 3.55. The van der Waals surface area contributed by atoms with Crippen molar-refractivity contribution in [2.24, 2.45) is 11.7 Å². The molecular formula is C14H28ClN3O2. The second kappa shape index (κ2) is 7.84. The van der Waals surface area contributed by atoms with Gasteiger partial charge in [0.15, 0.2) is 0 Å². The summed E-state index contributed by atoms with van der Waals surface area (Å²) in [6.45, 7) is 5.11. The van der Waals surface area contributed by atoms with Crippen LogP contribution in [0.4, 0.5) is 0 Å². The predicted octanol–water partition coefficient (Wildman–Crippen LogP) is 1.25. The second-order valence-corrected chi connectivity index (χ2v) is 5.97. The first-order valence-corrected chi connectivity index (χ1v) is 7.09. The van der Waals surface area contributed by atoms with Crippen LogP contribution in [0.5, 0.6) is 0 Å². The lowest BCUT2D eigenvalue weighted by Crippen LogP contribution is -2.55. The number of carbonyl (C=O) groups excluding carboxylic acids is 2. The van der Waals surface area contributed by atoms with Crippen LogP contribution in [0.25, 0.3) is 0 Å². The van der Waals surface area contributed by atoms with Crippen molar-refractivity contribution in [1.82, 2.24) is 9.80 Å². The molecule has 5 nitrogen and oxygen atoms in total. The molecule has 0 radical (unpaired) electrons. The first-order chi connectivity index (χ1) is 8.79. The van der Waals surface area contributed by atoms with E-state index >= 15 is 0 Å². The van der Waals surface area contributed by atoms with Crippen molar-refractivity contribution in [1.29, 1.82) is 0 Å². The van der Waals surface area contributed by atoms with Crippen LogP contribution in [0.2, 0.25) is 0 Å². The predicted molar refractivity (Wildman–Crippen MR) is 82.7 cm³/mol. The third kappa shape index (κ3) is 4.63. The van der Waals surface area contributed by atoms with Gasteiger partial charge in [-0.05, 0) is 26.2 Å². The highest BCUT2D eigenvalue weighted by molar-refractivity contribution is 5.86. The molecule has 0 bridgehead atoms. The zero-order valence-electron chi connectivity index (χ0n) is 13.0. The Balaban J connectivity index is 0.00000361. The maximum Gasteiger partial charge on any atom is 0.242 e. The third-order valence-electron chi connectivity index (χ3n) is 3.83. The Bertz CT molecular complexity index is 337. The van der Waals surface area contributed by atoms with Gasteiger partial charge in [0.2, 0.25) is 11.8 Å². The maximum atomic E-state index is 12.3. The molecule has 1 aliphatic heterocycles. The number of nitrogens with two attached hydrogens (primary N) is 1. The van der Waals surface area contributed by atoms with E-state index in [0.717, 1.165) is 19.3 Å². The van der Waals surface area contributed by atoms with Gasteiger partial charge in [-0.2, -0.15) is 0 Å². The van der Waals surface area contributed by atoms with Gasteiger partial charge in [0, 0.05) is 33.1 Å². The fourth-order valence-electron chi connectivity index (χ4n) is 2.68. The van der Waals surface area contributed by atoms with Gasteiger partial charge in [0.25, 0.3) is 0 Å². The Labute approximate surface area is 128 Å². The van der Waals surface area contributed by atoms with Crippen molar-refractivity contribution >= 4 is 24.2 Å². The summed E-state index contributed by atoms with van der Waals surface area (Å²) in [5.41, 5.74) is 5.31. The molecule has 1 heterocycles. The molecule has 1 fully saturated rings. The van der Waals surface area contributed by atoms with Crippen molar-refractivity contribution in [2.75, 3.05) is 27.2 Å². The van der Waals surface area contributed by atoms with Crippen molar-refractivity contribution in [3.05, 3.63) is 0 Å². The quantitative estimate of drug-likeness (QED) is 0.850. The fraction of sp³-hybridized carbons (Fsp3) is 0.857. The molecule has 1 saturated heterocycles. The number of piperidine rings is 1. The average Bonchev–Trinajstić information content (AvgIpc) is 2.37. The number of hydrogen-bond donors (Lipinski definition) is 1. The molecule has 0 aliphatic carbocycles. The van der Waals surface area contributed by atoms with E-state index in [9.17, 15) is 9.59 Å². The number of carbonyl (C=O) groups is 2. The molecule has 20 heavy (non-hydrogen) atoms. The lowest BCUT2D eigenvalue weighted by molar-refractivity contribution is -0.142. The standard InChI is InChI=1S/C14H27N3O2.ClH/c1-5-8-14(2,15)13(19)17-9-6-11(7-10-17)12(18)16(3)4;/h11H,5-10,15H2,1-4H3;1H. The summed E-state index contributed by atoms with van der Waals surface area (Å²) in [4.78, 5) is 27.6. The molecular weight excluding hydrogens is 278 g/mol. The van der Waals surface area contributed by atoms with Gasteiger partial charge in [0.1, 0.15) is 0 Å². The van der Waals surface area contributed by atoms with Crippen LogP contribution in [0.1, 0.15) is 39.5 Å². The maximum absolute atomic E-state index is 12.3. The zero-order chi connectivity index (χ0) is 14.6. The highest BCUT2D eigenvalue weighted by atomic mass is 35.5. The monoisotopic (exact) mass is 305 g/mol. The van der Waals surface area contributed by atoms with Gasteiger partial charge in [0.05, 0.1) is 5.54 Å². The van der Waals surface area contributed by atoms with Crippen molar-refractivity contribution in [3.63, 3.8) is 0 Å². The molecule has 0 saturated carbocycles. The lowest BCUT2D eigenvalue weighted by atomic mass is 9.91. The Morgan fingerprint density at radius 1 is 1.30 bits per heavy atom. The summed E-state index contributed by atoms with van der Waals surface area (Å²) in [5.74, 6) is 0.232. The highest BCUT2D eigenvalue weighted by Gasteiger charge is 2.35. The molecule has 0 aromatic rings. The normalized spacial score (nSPS) is 18.9. The molecule has 1 unspecified atom stereocenters. The summed E-state index contributed by atoms with van der Waals surface area (Å²) in [6, 6.07) is 0. The number of hydrogen-bond acceptors (Lipinski definition) is 3. The number of rotatable bonds is 4. The Hall–Kier alpha value is -0.810. The van der Waals surface area contributed by atoms with Crippen molar-refractivity contribution < 1.29 is 9.59 Å². The number of amides is 2. The van der Waals surface area contributed by atoms with Crippen LogP contribution < -0.4 is 5.73 Å². The van der Waals surface area contributed by atoms with Gasteiger partial charge < -0.3 is 15.5 Å². The van der Waals surface area contributed by atoms with Gasteiger partial charge in [-0.15, -0.1) is 12.4 Å². The molecule has 118 valence electrons. The summed E-state index contributed by atoms with van der Waals surface area (Å²) < 4.78 is 0. The van der Waals surface area contributed by atoms with Crippen molar-refractivity contribution in [2.45, 2.75) is 45.1 Å². The third-order valence-corrected chi connectivity index (χ3v) is 3.83. The molecule has 1 aliphatic rings. The van der Waals surface area contributed by atoms with E-state index in [1.165, 1.54) is 0 Å². The molecule has 2 N–H and O–H groups in total. The van der Waals surface area contributed by atoms with E-state index in [4.69, 9.17) is 5.73 Å². The van der Waals surface area contributed by atoms with Gasteiger partial charge >= 0.3 is 0 Å². The average molecular weight is 306 g/mol. The van der Waals surface area contributed by atoms with Crippen LogP contribution in [0.15, 0.2) is 0 Å². The summed E-state index contributed by atoms with van der Waals surface area (Å²) >= 11 is 0. The first kappa shape index (κ1) is 19.2. The Morgan fingerprint density at radius 2 is 1.80 bits per heavy atom. The molecule has 0 aromatic heterocycles. The second-order valence-electron chi connectivity index (χ2n) is 5.97. The van der Waals surface area contributed by atoms with Crippen LogP contribution in [-0.4, -0.2) is 54.3 Å². The minimum atomic E-state index is -0.771. The van der Waals surface area contributed by atoms with Gasteiger partial charge in [-0.3, -0.25) is 9.59 Å². The number of likely N-dealkylation sites (tertiary alicyclic amines) is 1. The lowest BCUT2D eigenvalue weighted by Gasteiger charge is -2.37. The van der Waals surface area contributed by atoms with E-state index < -0.39 is 5.54 Å². The minimum Gasteiger partial charge on any atom is -0.349 e. The molecule has 0 aromatic carbocycles. The molecule has 6 heteroatoms. The summed E-state index contributed by atoms with van der Waals surface area (Å²) in [5, 5.41) is 0. The van der Waals surface area contributed by atoms with Crippen LogP contribution >= 0.6 is 12.4 Å². The Kier molecular flexibility index (Phi) is 7.52. The first-order valence-electron chi connectivity index (χ1n) is 7.09. The smallest absolute Gasteiger partial charge is 0.242 e. The molecule has 0 spiro atoms. The van der Waals surface area contributed by atoms with Crippen molar-refractivity contribution in [3.8, 4) is 0 Å². The number of halogens is 1. The van der Waals surface area contributed by atoms with E-state index in [1.807, 2.05) is 11.8 Å². The Morgan fingerprint density at radius 3 is 2.20 bits per heavy atom. The van der Waals surface area contributed by atoms with E-state index in [0.29, 0.717) is 19.5 Å². The summed E-state index contributed by atoms with van der Waals surface area (Å²) in [6.07, 6.45) is 3.08. The molecule has 1 rings (SSSR count). The molecule has 1 atom stereocenters. The van der Waals surface area contributed by atoms with Gasteiger partial charge in [-0.1, -0.05) is 13.3 Å². The van der Waals surface area contributed by atoms with E-state index in [2.05, 4.69) is 0 Å². The topological polar surface area (TPSA) is 66.6 Å². The largest absolute Gasteiger partial charge is 0.349 e. The molecule has 2 amide bonds. The van der Waals surface area contributed by atoms with Gasteiger partial charge in [-0.25, -0.2) is 0 Å². The van der Waals surface area contributed by atoms with E-state index in [-0.39, 0.29) is 30.1 Å². The van der Waals surface area contributed by atoms with Crippen LogP contribution in [0.3, 0.4) is 0 Å². The highest BCUT2D eigenvalue weighted by Crippen LogP contribution is 2.22. The SMILES string of the molecule is CCCC(C)(N)C(=O)N1CCC(C(=O)N(C)C)CC1.Cl. The van der Waals surface area contributed by atoms with Crippen LogP contribution in [-0.2, 0) is 9.59 Å². The fourth-order valence-corrected chi connectivity index (χ4v) is 2.68. The van der Waals surface area contributed by atoms with E-state index in [1.54, 1.807) is 25.9 Å². The number of nitrogens with zero attached hydrogens (tertiary/aromatic N) is 2. The zero-order valence-corrected chi connectivity index (χ0v) is 13.8. The van der Waals surface area contributed by atoms with Crippen LogP contribution in [0, 0.1) is 5.92 Å².